The number of nitrogen functional groups attached to an aromatic ring is 1. The number of amides is 1. The van der Waals surface area contributed by atoms with E-state index in [4.69, 9.17) is 29.0 Å². The molecular formula is C22H19Cl2N7OS. The Morgan fingerprint density at radius 3 is 2.55 bits per heavy atom. The Morgan fingerprint density at radius 2 is 1.79 bits per heavy atom. The number of nitrogens with two attached hydrogens (primary N) is 1. The maximum Gasteiger partial charge on any atom is 0.264 e. The fraction of sp³-hybridized carbons (Fsp3) is 0.0909. The zero-order valence-corrected chi connectivity index (χ0v) is 19.7. The Labute approximate surface area is 204 Å². The number of hydrogen-bond donors (Lipinski definition) is 3. The molecule has 0 saturated heterocycles. The first-order valence-electron chi connectivity index (χ1n) is 9.78. The molecule has 8 nitrogen and oxygen atoms in total. The average molecular weight is 500 g/mol. The van der Waals surface area contributed by atoms with Crippen LogP contribution in [-0.4, -0.2) is 32.2 Å². The number of anilines is 2. The van der Waals surface area contributed by atoms with Crippen molar-refractivity contribution in [3.63, 3.8) is 0 Å². The van der Waals surface area contributed by atoms with Crippen molar-refractivity contribution in [1.29, 1.82) is 0 Å². The topological polar surface area (TPSA) is 110 Å². The van der Waals surface area contributed by atoms with Crippen molar-refractivity contribution in [3.8, 4) is 0 Å². The Kier molecular flexibility index (Phi) is 7.02. The lowest BCUT2D eigenvalue weighted by Gasteiger charge is -2.07. The smallest absolute Gasteiger partial charge is 0.264 e. The van der Waals surface area contributed by atoms with Gasteiger partial charge in [0, 0.05) is 15.7 Å². The summed E-state index contributed by atoms with van der Waals surface area (Å²) in [5.41, 5.74) is 5.07. The van der Waals surface area contributed by atoms with E-state index in [1.807, 2.05) is 31.2 Å². The predicted molar refractivity (Wildman–Crippen MR) is 136 cm³/mol. The second kappa shape index (κ2) is 10.1. The lowest BCUT2D eigenvalue weighted by atomic mass is 10.0. The quantitative estimate of drug-likeness (QED) is 0.142. The molecule has 11 heteroatoms. The van der Waals surface area contributed by atoms with E-state index in [9.17, 15) is 4.79 Å². The summed E-state index contributed by atoms with van der Waals surface area (Å²) in [6.45, 7) is 1.89. The summed E-state index contributed by atoms with van der Waals surface area (Å²) in [5.74, 6) is 6.11. The molecule has 0 aliphatic carbocycles. The molecule has 33 heavy (non-hydrogen) atoms. The number of benzene rings is 3. The van der Waals surface area contributed by atoms with Crippen LogP contribution in [0.1, 0.15) is 12.5 Å². The van der Waals surface area contributed by atoms with Crippen molar-refractivity contribution in [2.75, 3.05) is 22.3 Å². The third-order valence-electron chi connectivity index (χ3n) is 4.63. The number of hydrazone groups is 1. The van der Waals surface area contributed by atoms with Crippen LogP contribution >= 0.6 is 35.0 Å². The van der Waals surface area contributed by atoms with Crippen LogP contribution < -0.4 is 16.6 Å². The molecule has 0 saturated carbocycles. The van der Waals surface area contributed by atoms with Crippen LogP contribution in [0, 0.1) is 0 Å². The van der Waals surface area contributed by atoms with Crippen LogP contribution in [0.15, 0.2) is 70.9 Å². The normalized spacial score (nSPS) is 11.5. The summed E-state index contributed by atoms with van der Waals surface area (Å²) in [7, 11) is 0. The summed E-state index contributed by atoms with van der Waals surface area (Å²) in [6.07, 6.45) is 0. The van der Waals surface area contributed by atoms with Gasteiger partial charge in [0.1, 0.15) is 0 Å². The van der Waals surface area contributed by atoms with Gasteiger partial charge in [-0.3, -0.25) is 4.79 Å². The Morgan fingerprint density at radius 1 is 1.06 bits per heavy atom. The molecule has 0 fully saturated rings. The molecule has 1 amide bonds. The monoisotopic (exact) mass is 499 g/mol. The molecule has 3 aromatic carbocycles. The van der Waals surface area contributed by atoms with Gasteiger partial charge in [-0.15, -0.1) is 10.2 Å². The standard InChI is InChI=1S/C22H19Cl2N7OS/c1-13(15-7-6-14-4-2-3-5-16(14)8-15)27-28-21-29-30-22(31(21)25)33-12-20(32)26-19-10-17(23)9-18(24)11-19/h2-11H,12,25H2,1H3,(H,26,32)(H,28,29)/b27-13+. The van der Waals surface area contributed by atoms with Gasteiger partial charge in [0.2, 0.25) is 11.1 Å². The van der Waals surface area contributed by atoms with E-state index < -0.39 is 0 Å². The van der Waals surface area contributed by atoms with Crippen molar-refractivity contribution in [2.45, 2.75) is 12.1 Å². The van der Waals surface area contributed by atoms with Crippen molar-refractivity contribution in [2.24, 2.45) is 5.10 Å². The molecule has 1 heterocycles. The van der Waals surface area contributed by atoms with Crippen molar-refractivity contribution < 1.29 is 4.79 Å². The number of thioether (sulfide) groups is 1. The van der Waals surface area contributed by atoms with Crippen molar-refractivity contribution in [1.82, 2.24) is 14.9 Å². The first kappa shape index (κ1) is 22.9. The second-order valence-corrected chi connectivity index (χ2v) is 8.86. The average Bonchev–Trinajstić information content (AvgIpc) is 3.14. The first-order valence-corrected chi connectivity index (χ1v) is 11.5. The lowest BCUT2D eigenvalue weighted by Crippen LogP contribution is -2.17. The number of nitrogens with one attached hydrogen (secondary N) is 2. The van der Waals surface area contributed by atoms with E-state index in [0.29, 0.717) is 20.9 Å². The lowest BCUT2D eigenvalue weighted by molar-refractivity contribution is -0.113. The molecule has 0 unspecified atom stereocenters. The maximum atomic E-state index is 12.2. The minimum atomic E-state index is -0.263. The van der Waals surface area contributed by atoms with E-state index in [0.717, 1.165) is 33.8 Å². The number of carbonyl (C=O) groups excluding carboxylic acids is 1. The molecule has 168 valence electrons. The largest absolute Gasteiger partial charge is 0.334 e. The van der Waals surface area contributed by atoms with Crippen molar-refractivity contribution >= 4 is 69.0 Å². The van der Waals surface area contributed by atoms with Gasteiger partial charge in [-0.2, -0.15) is 5.10 Å². The van der Waals surface area contributed by atoms with Gasteiger partial charge in [-0.25, -0.2) is 10.1 Å². The number of halogens is 2. The Hall–Kier alpha value is -3.27. The van der Waals surface area contributed by atoms with Gasteiger partial charge in [0.25, 0.3) is 5.95 Å². The van der Waals surface area contributed by atoms with Crippen LogP contribution in [0.5, 0.6) is 0 Å². The Bertz CT molecular complexity index is 1340. The van der Waals surface area contributed by atoms with Gasteiger partial charge in [0.15, 0.2) is 0 Å². The van der Waals surface area contributed by atoms with E-state index in [-0.39, 0.29) is 17.6 Å². The summed E-state index contributed by atoms with van der Waals surface area (Å²) in [4.78, 5) is 12.2. The highest BCUT2D eigenvalue weighted by Gasteiger charge is 2.13. The number of nitrogens with zero attached hydrogens (tertiary/aromatic N) is 4. The van der Waals surface area contributed by atoms with Gasteiger partial charge in [0.05, 0.1) is 11.5 Å². The molecule has 0 atom stereocenters. The number of fused-ring (bicyclic) bond motifs is 1. The maximum absolute atomic E-state index is 12.2. The second-order valence-electron chi connectivity index (χ2n) is 7.04. The zero-order chi connectivity index (χ0) is 23.4. The van der Waals surface area contributed by atoms with Crippen molar-refractivity contribution in [3.05, 3.63) is 76.3 Å². The summed E-state index contributed by atoms with van der Waals surface area (Å²) < 4.78 is 1.24. The molecule has 0 spiro atoms. The zero-order valence-electron chi connectivity index (χ0n) is 17.4. The van der Waals surface area contributed by atoms with E-state index in [2.05, 4.69) is 44.2 Å². The number of rotatable bonds is 7. The Balaban J connectivity index is 1.37. The molecule has 4 N–H and O–H groups in total. The highest BCUT2D eigenvalue weighted by Crippen LogP contribution is 2.23. The number of carbonyl (C=O) groups is 1. The van der Waals surface area contributed by atoms with Crippen LogP contribution in [-0.2, 0) is 4.79 Å². The van der Waals surface area contributed by atoms with Crippen LogP contribution in [0.2, 0.25) is 10.0 Å². The van der Waals surface area contributed by atoms with Crippen LogP contribution in [0.3, 0.4) is 0 Å². The fourth-order valence-corrected chi connectivity index (χ4v) is 4.20. The molecular weight excluding hydrogens is 481 g/mol. The van der Waals surface area contributed by atoms with Gasteiger partial charge in [-0.1, -0.05) is 71.4 Å². The SMILES string of the molecule is C/C(=N\Nc1nnc(SCC(=O)Nc2cc(Cl)cc(Cl)c2)n1N)c1ccc2ccccc2c1. The third-order valence-corrected chi connectivity index (χ3v) is 6.01. The van der Waals surface area contributed by atoms with Crippen LogP contribution in [0.4, 0.5) is 11.6 Å². The fourth-order valence-electron chi connectivity index (χ4n) is 3.02. The summed E-state index contributed by atoms with van der Waals surface area (Å²) in [6, 6.07) is 19.0. The van der Waals surface area contributed by atoms with E-state index >= 15 is 0 Å². The summed E-state index contributed by atoms with van der Waals surface area (Å²) >= 11 is 13.0. The molecule has 4 rings (SSSR count). The van der Waals surface area contributed by atoms with E-state index in [1.54, 1.807) is 18.2 Å². The van der Waals surface area contributed by atoms with E-state index in [1.165, 1.54) is 4.68 Å². The molecule has 4 aromatic rings. The number of hydrogen-bond acceptors (Lipinski definition) is 7. The molecule has 0 aliphatic rings. The molecule has 0 bridgehead atoms. The first-order chi connectivity index (χ1) is 15.9. The minimum Gasteiger partial charge on any atom is -0.334 e. The highest BCUT2D eigenvalue weighted by molar-refractivity contribution is 7.99. The molecule has 0 aliphatic heterocycles. The number of aromatic nitrogens is 3. The molecule has 0 radical (unpaired) electrons. The van der Waals surface area contributed by atoms with Gasteiger partial charge >= 0.3 is 0 Å². The highest BCUT2D eigenvalue weighted by atomic mass is 35.5. The molecule has 1 aromatic heterocycles. The van der Waals surface area contributed by atoms with Gasteiger partial charge < -0.3 is 11.2 Å². The predicted octanol–water partition coefficient (Wildman–Crippen LogP) is 5.02. The van der Waals surface area contributed by atoms with Gasteiger partial charge in [-0.05, 0) is 47.5 Å². The van der Waals surface area contributed by atoms with Crippen LogP contribution in [0.25, 0.3) is 10.8 Å². The minimum absolute atomic E-state index is 0.0683. The third kappa shape index (κ3) is 5.75. The summed E-state index contributed by atoms with van der Waals surface area (Å²) in [5, 5.41) is 18.6.